The first kappa shape index (κ1) is 38.2. The van der Waals surface area contributed by atoms with Crippen molar-refractivity contribution >= 4 is 50.7 Å². The number of carbonyl (C=O) groups excluding carboxylic acids is 2. The Bertz CT molecular complexity index is 1940. The first-order valence-corrected chi connectivity index (χ1v) is 18.8. The third-order valence-corrected chi connectivity index (χ3v) is 11.3. The number of alkyl halides is 3. The topological polar surface area (TPSA) is 86.8 Å². The molecule has 5 rings (SSSR count). The van der Waals surface area contributed by atoms with Crippen LogP contribution >= 0.6 is 23.2 Å². The van der Waals surface area contributed by atoms with Crippen LogP contribution in [0.3, 0.4) is 0 Å². The van der Waals surface area contributed by atoms with Crippen LogP contribution in [0.2, 0.25) is 10.0 Å². The summed E-state index contributed by atoms with van der Waals surface area (Å²) in [4.78, 5) is 30.0. The molecule has 1 atom stereocenters. The van der Waals surface area contributed by atoms with Gasteiger partial charge in [-0.1, -0.05) is 103 Å². The number of aryl methyl sites for hydroxylation is 1. The number of hydrogen-bond acceptors (Lipinski definition) is 4. The summed E-state index contributed by atoms with van der Waals surface area (Å²) in [5, 5.41) is 3.67. The number of rotatable bonds is 12. The van der Waals surface area contributed by atoms with Gasteiger partial charge in [0.1, 0.15) is 12.6 Å². The van der Waals surface area contributed by atoms with E-state index in [9.17, 15) is 31.2 Å². The zero-order valence-corrected chi connectivity index (χ0v) is 30.2. The van der Waals surface area contributed by atoms with E-state index in [1.54, 1.807) is 43.3 Å². The number of nitrogens with one attached hydrogen (secondary N) is 1. The summed E-state index contributed by atoms with van der Waals surface area (Å²) in [5.41, 5.74) is 0.479. The highest BCUT2D eigenvalue weighted by Crippen LogP contribution is 2.34. The summed E-state index contributed by atoms with van der Waals surface area (Å²) >= 11 is 12.7. The highest BCUT2D eigenvalue weighted by molar-refractivity contribution is 7.92. The molecule has 0 saturated heterocycles. The maximum Gasteiger partial charge on any atom is 0.416 e. The molecule has 1 saturated carbocycles. The van der Waals surface area contributed by atoms with Crippen LogP contribution in [-0.4, -0.2) is 43.8 Å². The van der Waals surface area contributed by atoms with Crippen LogP contribution in [0, 0.1) is 6.92 Å². The average Bonchev–Trinajstić information content (AvgIpc) is 3.10. The van der Waals surface area contributed by atoms with Crippen LogP contribution in [0.15, 0.2) is 102 Å². The molecule has 51 heavy (non-hydrogen) atoms. The van der Waals surface area contributed by atoms with Gasteiger partial charge in [-0.05, 0) is 73.4 Å². The van der Waals surface area contributed by atoms with Gasteiger partial charge in [-0.2, -0.15) is 13.2 Å². The first-order valence-electron chi connectivity index (χ1n) is 16.6. The van der Waals surface area contributed by atoms with Crippen molar-refractivity contribution in [3.8, 4) is 0 Å². The smallest absolute Gasteiger partial charge is 0.352 e. The van der Waals surface area contributed by atoms with Gasteiger partial charge in [0.2, 0.25) is 11.8 Å². The second-order valence-electron chi connectivity index (χ2n) is 12.7. The number of hydrogen-bond donors (Lipinski definition) is 1. The van der Waals surface area contributed by atoms with Crippen molar-refractivity contribution in [2.45, 2.75) is 75.1 Å². The summed E-state index contributed by atoms with van der Waals surface area (Å²) in [5.74, 6) is -1.26. The normalized spacial score (nSPS) is 14.5. The predicted octanol–water partition coefficient (Wildman–Crippen LogP) is 8.60. The van der Waals surface area contributed by atoms with E-state index in [0.29, 0.717) is 21.0 Å². The minimum Gasteiger partial charge on any atom is -0.352 e. The van der Waals surface area contributed by atoms with E-state index in [4.69, 9.17) is 23.2 Å². The van der Waals surface area contributed by atoms with E-state index >= 15 is 0 Å². The quantitative estimate of drug-likeness (QED) is 0.157. The molecule has 1 aliphatic carbocycles. The van der Waals surface area contributed by atoms with Gasteiger partial charge in [-0.3, -0.25) is 13.9 Å². The van der Waals surface area contributed by atoms with Gasteiger partial charge in [0.15, 0.2) is 0 Å². The van der Waals surface area contributed by atoms with E-state index < -0.39 is 46.2 Å². The maximum absolute atomic E-state index is 14.7. The molecule has 1 aliphatic rings. The Hall–Kier alpha value is -4.06. The molecular formula is C38H38Cl2F3N3O4S. The zero-order valence-electron chi connectivity index (χ0n) is 27.9. The number of benzene rings is 4. The largest absolute Gasteiger partial charge is 0.416 e. The molecular weight excluding hydrogens is 722 g/mol. The second kappa shape index (κ2) is 16.5. The lowest BCUT2D eigenvalue weighted by atomic mass is 9.94. The van der Waals surface area contributed by atoms with Gasteiger partial charge in [0.05, 0.1) is 16.1 Å². The monoisotopic (exact) mass is 759 g/mol. The second-order valence-corrected chi connectivity index (χ2v) is 15.4. The van der Waals surface area contributed by atoms with Gasteiger partial charge in [-0.15, -0.1) is 0 Å². The molecule has 0 spiro atoms. The van der Waals surface area contributed by atoms with E-state index in [1.165, 1.54) is 29.2 Å². The van der Waals surface area contributed by atoms with Gasteiger partial charge in [-0.25, -0.2) is 8.42 Å². The molecule has 0 heterocycles. The van der Waals surface area contributed by atoms with Crippen molar-refractivity contribution in [1.82, 2.24) is 10.2 Å². The molecule has 270 valence electrons. The molecule has 13 heteroatoms. The Balaban J connectivity index is 1.61. The molecule has 4 aromatic rings. The lowest BCUT2D eigenvalue weighted by Gasteiger charge is -2.35. The molecule has 0 bridgehead atoms. The number of anilines is 1. The minimum atomic E-state index is -4.78. The van der Waals surface area contributed by atoms with Gasteiger partial charge < -0.3 is 10.2 Å². The summed E-state index contributed by atoms with van der Waals surface area (Å²) in [6, 6.07) is 22.1. The summed E-state index contributed by atoms with van der Waals surface area (Å²) in [7, 11) is -4.60. The SMILES string of the molecule is Cc1ccc(S(=O)(=O)N(CC(=O)N(Cc2ccc(Cl)cc2Cl)C(Cc2ccccc2)C(=O)NC2CCCCC2)c2cccc(C(F)(F)F)c2)cc1. The molecule has 0 aromatic heterocycles. The molecule has 4 aromatic carbocycles. The number of halogens is 5. The molecule has 0 radical (unpaired) electrons. The van der Waals surface area contributed by atoms with Crippen LogP contribution < -0.4 is 9.62 Å². The standard InChI is InChI=1S/C38H38Cl2F3N3O4S/c1-26-15-19-33(20-16-26)51(49,50)46(32-14-8-11-29(22-32)38(41,42)43)25-36(47)45(24-28-17-18-30(39)23-34(28)40)35(21-27-9-4-2-5-10-27)37(48)44-31-12-6-3-7-13-31/h2,4-5,8-11,14-20,22-23,31,35H,3,6-7,12-13,21,24-25H2,1H3,(H,44,48). The van der Waals surface area contributed by atoms with Crippen LogP contribution in [0.1, 0.15) is 54.4 Å². The van der Waals surface area contributed by atoms with E-state index in [1.807, 2.05) is 18.2 Å². The molecule has 1 N–H and O–H groups in total. The molecule has 7 nitrogen and oxygen atoms in total. The molecule has 1 unspecified atom stereocenters. The summed E-state index contributed by atoms with van der Waals surface area (Å²) in [6.07, 6.45) is -0.211. The average molecular weight is 761 g/mol. The Kier molecular flexibility index (Phi) is 12.4. The zero-order chi connectivity index (χ0) is 36.8. The van der Waals surface area contributed by atoms with E-state index in [2.05, 4.69) is 5.32 Å². The highest BCUT2D eigenvalue weighted by Gasteiger charge is 2.37. The van der Waals surface area contributed by atoms with Crippen LogP contribution in [0.25, 0.3) is 0 Å². The van der Waals surface area contributed by atoms with Crippen LogP contribution in [0.5, 0.6) is 0 Å². The van der Waals surface area contributed by atoms with Crippen molar-refractivity contribution < 1.29 is 31.2 Å². The fraction of sp³-hybridized carbons (Fsp3) is 0.316. The number of nitrogens with zero attached hydrogens (tertiary/aromatic N) is 2. The number of amides is 2. The number of carbonyl (C=O) groups is 2. The summed E-state index contributed by atoms with van der Waals surface area (Å²) < 4.78 is 70.8. The van der Waals surface area contributed by atoms with Crippen molar-refractivity contribution in [2.75, 3.05) is 10.8 Å². The van der Waals surface area contributed by atoms with Crippen molar-refractivity contribution in [2.24, 2.45) is 0 Å². The predicted molar refractivity (Wildman–Crippen MR) is 193 cm³/mol. The van der Waals surface area contributed by atoms with Crippen molar-refractivity contribution in [3.63, 3.8) is 0 Å². The van der Waals surface area contributed by atoms with Gasteiger partial charge in [0, 0.05) is 29.1 Å². The first-order chi connectivity index (χ1) is 24.2. The van der Waals surface area contributed by atoms with E-state index in [0.717, 1.165) is 55.4 Å². The van der Waals surface area contributed by atoms with Crippen molar-refractivity contribution in [1.29, 1.82) is 0 Å². The molecule has 1 fully saturated rings. The fourth-order valence-electron chi connectivity index (χ4n) is 6.14. The summed E-state index contributed by atoms with van der Waals surface area (Å²) in [6.45, 7) is 0.631. The highest BCUT2D eigenvalue weighted by atomic mass is 35.5. The third kappa shape index (κ3) is 9.84. The Morgan fingerprint density at radius 3 is 2.22 bits per heavy atom. The van der Waals surface area contributed by atoms with Gasteiger partial charge >= 0.3 is 6.18 Å². The van der Waals surface area contributed by atoms with Gasteiger partial charge in [0.25, 0.3) is 10.0 Å². The Morgan fingerprint density at radius 1 is 0.882 bits per heavy atom. The lowest BCUT2D eigenvalue weighted by Crippen LogP contribution is -2.55. The minimum absolute atomic E-state index is 0.0740. The molecule has 0 aliphatic heterocycles. The lowest BCUT2D eigenvalue weighted by molar-refractivity contribution is -0.140. The Morgan fingerprint density at radius 2 is 1.57 bits per heavy atom. The Labute approximate surface area is 306 Å². The van der Waals surface area contributed by atoms with E-state index in [-0.39, 0.29) is 34.6 Å². The third-order valence-electron chi connectivity index (χ3n) is 8.93. The number of sulfonamides is 1. The van der Waals surface area contributed by atoms with Crippen LogP contribution in [-0.2, 0) is 38.8 Å². The van der Waals surface area contributed by atoms with Crippen LogP contribution in [0.4, 0.5) is 18.9 Å². The maximum atomic E-state index is 14.7. The fourth-order valence-corrected chi connectivity index (χ4v) is 8.01. The van der Waals surface area contributed by atoms with Crippen molar-refractivity contribution in [3.05, 3.63) is 129 Å². The molecule has 2 amide bonds.